The largest absolute Gasteiger partial charge is 0.334 e. The number of halogens is 1. The SMILES string of the molecule is Cl.O=C1c2ccccc2CN1CC1CCN(CC(=O)n2cccc2-c2ccccc2)CC1. The first-order valence-corrected chi connectivity index (χ1v) is 11.0. The second-order valence-electron chi connectivity index (χ2n) is 8.59. The Bertz CT molecular complexity index is 1090. The summed E-state index contributed by atoms with van der Waals surface area (Å²) >= 11 is 0. The normalized spacial score (nSPS) is 16.6. The van der Waals surface area contributed by atoms with Crippen molar-refractivity contribution in [1.29, 1.82) is 0 Å². The van der Waals surface area contributed by atoms with E-state index in [-0.39, 0.29) is 24.2 Å². The van der Waals surface area contributed by atoms with Gasteiger partial charge in [-0.15, -0.1) is 12.4 Å². The first kappa shape index (κ1) is 22.3. The molecule has 0 bridgehead atoms. The fourth-order valence-electron chi connectivity index (χ4n) is 4.81. The molecule has 32 heavy (non-hydrogen) atoms. The highest BCUT2D eigenvalue weighted by Gasteiger charge is 2.30. The van der Waals surface area contributed by atoms with E-state index < -0.39 is 0 Å². The number of fused-ring (bicyclic) bond motifs is 1. The van der Waals surface area contributed by atoms with Gasteiger partial charge in [-0.05, 0) is 61.2 Å². The molecule has 1 saturated heterocycles. The minimum Gasteiger partial charge on any atom is -0.334 e. The van der Waals surface area contributed by atoms with Gasteiger partial charge in [0.15, 0.2) is 0 Å². The van der Waals surface area contributed by atoms with Crippen molar-refractivity contribution in [3.05, 3.63) is 84.1 Å². The fourth-order valence-corrected chi connectivity index (χ4v) is 4.81. The molecule has 0 unspecified atom stereocenters. The number of nitrogens with zero attached hydrogens (tertiary/aromatic N) is 3. The molecule has 3 aromatic rings. The third kappa shape index (κ3) is 4.50. The van der Waals surface area contributed by atoms with Gasteiger partial charge in [0.2, 0.25) is 5.91 Å². The summed E-state index contributed by atoms with van der Waals surface area (Å²) < 4.78 is 1.77. The van der Waals surface area contributed by atoms with Gasteiger partial charge < -0.3 is 4.90 Å². The smallest absolute Gasteiger partial charge is 0.254 e. The Balaban J connectivity index is 0.00000245. The Morgan fingerprint density at radius 3 is 2.38 bits per heavy atom. The molecule has 2 aliphatic rings. The third-order valence-electron chi connectivity index (χ3n) is 6.53. The maximum Gasteiger partial charge on any atom is 0.254 e. The van der Waals surface area contributed by atoms with Gasteiger partial charge in [0.1, 0.15) is 0 Å². The van der Waals surface area contributed by atoms with Crippen molar-refractivity contribution in [3.8, 4) is 11.3 Å². The molecule has 0 radical (unpaired) electrons. The van der Waals surface area contributed by atoms with Crippen molar-refractivity contribution in [2.75, 3.05) is 26.2 Å². The molecule has 0 atom stereocenters. The van der Waals surface area contributed by atoms with Crippen molar-refractivity contribution in [3.63, 3.8) is 0 Å². The van der Waals surface area contributed by atoms with Gasteiger partial charge in [-0.3, -0.25) is 19.1 Å². The maximum atomic E-state index is 13.0. The summed E-state index contributed by atoms with van der Waals surface area (Å²) in [6, 6.07) is 21.9. The Hall–Kier alpha value is -2.89. The highest BCUT2D eigenvalue weighted by atomic mass is 35.5. The minimum atomic E-state index is 0. The van der Waals surface area contributed by atoms with Crippen LogP contribution in [0.3, 0.4) is 0 Å². The summed E-state index contributed by atoms with van der Waals surface area (Å²) in [5.74, 6) is 0.762. The van der Waals surface area contributed by atoms with Gasteiger partial charge in [-0.25, -0.2) is 0 Å². The standard InChI is InChI=1S/C26H27N3O2.ClH/c30-25(29-14-6-11-24(29)21-7-2-1-3-8-21)19-27-15-12-20(13-16-27)17-28-18-22-9-4-5-10-23(22)26(28)31;/h1-11,14,20H,12-13,15-19H2;1H. The summed E-state index contributed by atoms with van der Waals surface area (Å²) in [4.78, 5) is 29.8. The van der Waals surface area contributed by atoms with Gasteiger partial charge in [0.25, 0.3) is 5.91 Å². The van der Waals surface area contributed by atoms with Crippen molar-refractivity contribution in [2.24, 2.45) is 5.92 Å². The predicted octanol–water partition coefficient (Wildman–Crippen LogP) is 4.59. The van der Waals surface area contributed by atoms with Gasteiger partial charge in [-0.2, -0.15) is 0 Å². The highest BCUT2D eigenvalue weighted by Crippen LogP contribution is 2.26. The van der Waals surface area contributed by atoms with Gasteiger partial charge >= 0.3 is 0 Å². The number of carbonyl (C=O) groups is 2. The van der Waals surface area contributed by atoms with Crippen molar-refractivity contribution >= 4 is 24.2 Å². The summed E-state index contributed by atoms with van der Waals surface area (Å²) in [6.45, 7) is 3.75. The molecule has 0 aliphatic carbocycles. The Morgan fingerprint density at radius 1 is 0.906 bits per heavy atom. The van der Waals surface area contributed by atoms with E-state index in [4.69, 9.17) is 0 Å². The Kier molecular flexibility index (Phi) is 6.77. The maximum absolute atomic E-state index is 13.0. The summed E-state index contributed by atoms with van der Waals surface area (Å²) in [5, 5.41) is 0. The summed E-state index contributed by atoms with van der Waals surface area (Å²) in [6.07, 6.45) is 3.89. The van der Waals surface area contributed by atoms with Crippen LogP contribution in [0.4, 0.5) is 0 Å². The number of benzene rings is 2. The highest BCUT2D eigenvalue weighted by molar-refractivity contribution is 5.98. The first-order chi connectivity index (χ1) is 15.2. The number of aromatic nitrogens is 1. The second-order valence-corrected chi connectivity index (χ2v) is 8.59. The number of amides is 1. The van der Waals surface area contributed by atoms with Crippen LogP contribution in [0.25, 0.3) is 11.3 Å². The lowest BCUT2D eigenvalue weighted by Crippen LogP contribution is -2.41. The van der Waals surface area contributed by atoms with Crippen LogP contribution in [0, 0.1) is 5.92 Å². The van der Waals surface area contributed by atoms with Gasteiger partial charge in [-0.1, -0.05) is 48.5 Å². The topological polar surface area (TPSA) is 45.6 Å². The van der Waals surface area contributed by atoms with Crippen LogP contribution < -0.4 is 0 Å². The third-order valence-corrected chi connectivity index (χ3v) is 6.53. The number of carbonyl (C=O) groups excluding carboxylic acids is 2. The number of piperidine rings is 1. The van der Waals surface area contributed by atoms with Crippen LogP contribution in [0.1, 0.15) is 33.6 Å². The zero-order chi connectivity index (χ0) is 21.2. The Morgan fingerprint density at radius 2 is 1.62 bits per heavy atom. The first-order valence-electron chi connectivity index (χ1n) is 11.0. The minimum absolute atomic E-state index is 0. The zero-order valence-electron chi connectivity index (χ0n) is 18.0. The van der Waals surface area contributed by atoms with E-state index in [2.05, 4.69) is 4.90 Å². The quantitative estimate of drug-likeness (QED) is 0.572. The van der Waals surface area contributed by atoms with Crippen LogP contribution in [0.2, 0.25) is 0 Å². The predicted molar refractivity (Wildman–Crippen MR) is 128 cm³/mol. The zero-order valence-corrected chi connectivity index (χ0v) is 18.8. The van der Waals surface area contributed by atoms with E-state index in [0.29, 0.717) is 12.5 Å². The molecular formula is C26H28ClN3O2. The number of hydrogen-bond acceptors (Lipinski definition) is 3. The van der Waals surface area contributed by atoms with Crippen molar-refractivity contribution in [2.45, 2.75) is 19.4 Å². The summed E-state index contributed by atoms with van der Waals surface area (Å²) in [5.41, 5.74) is 3.98. The molecule has 0 spiro atoms. The van der Waals surface area contributed by atoms with E-state index in [9.17, 15) is 9.59 Å². The molecular weight excluding hydrogens is 422 g/mol. The molecule has 0 saturated carbocycles. The molecule has 1 aromatic heterocycles. The molecule has 1 fully saturated rings. The van der Waals surface area contributed by atoms with Crippen LogP contribution in [-0.4, -0.2) is 52.4 Å². The lowest BCUT2D eigenvalue weighted by atomic mass is 9.96. The molecule has 1 amide bonds. The molecule has 166 valence electrons. The Labute approximate surface area is 195 Å². The molecule has 5 rings (SSSR count). The number of hydrogen-bond donors (Lipinski definition) is 0. The second kappa shape index (κ2) is 9.72. The lowest BCUT2D eigenvalue weighted by Gasteiger charge is -2.33. The molecule has 2 aliphatic heterocycles. The molecule has 0 N–H and O–H groups in total. The lowest BCUT2D eigenvalue weighted by molar-refractivity contribution is 0.0698. The molecule has 5 nitrogen and oxygen atoms in total. The van der Waals surface area contributed by atoms with Crippen LogP contribution in [-0.2, 0) is 6.54 Å². The average Bonchev–Trinajstić information content (AvgIpc) is 3.41. The number of rotatable bonds is 5. The van der Waals surface area contributed by atoms with Gasteiger partial charge in [0, 0.05) is 24.8 Å². The van der Waals surface area contributed by atoms with E-state index >= 15 is 0 Å². The van der Waals surface area contributed by atoms with Gasteiger partial charge in [0.05, 0.1) is 12.2 Å². The average molecular weight is 450 g/mol. The van der Waals surface area contributed by atoms with Crippen LogP contribution in [0.15, 0.2) is 72.9 Å². The van der Waals surface area contributed by atoms with E-state index in [0.717, 1.165) is 61.4 Å². The molecule has 6 heteroatoms. The summed E-state index contributed by atoms with van der Waals surface area (Å²) in [7, 11) is 0. The molecule has 2 aromatic carbocycles. The monoisotopic (exact) mass is 449 g/mol. The molecule has 3 heterocycles. The fraction of sp³-hybridized carbons (Fsp3) is 0.308. The van der Waals surface area contributed by atoms with Crippen LogP contribution in [0.5, 0.6) is 0 Å². The van der Waals surface area contributed by atoms with E-state index in [1.54, 1.807) is 4.57 Å². The van der Waals surface area contributed by atoms with E-state index in [1.165, 1.54) is 0 Å². The van der Waals surface area contributed by atoms with E-state index in [1.807, 2.05) is 77.8 Å². The number of likely N-dealkylation sites (tertiary alicyclic amines) is 1. The van der Waals surface area contributed by atoms with Crippen molar-refractivity contribution in [1.82, 2.24) is 14.4 Å². The van der Waals surface area contributed by atoms with Crippen LogP contribution >= 0.6 is 12.4 Å². The van der Waals surface area contributed by atoms with Crippen molar-refractivity contribution < 1.29 is 9.59 Å².